The zero-order valence-corrected chi connectivity index (χ0v) is 12.4. The summed E-state index contributed by atoms with van der Waals surface area (Å²) in [5.74, 6) is 0. The third-order valence-corrected chi connectivity index (χ3v) is 4.77. The number of thiazole rings is 1. The van der Waals surface area contributed by atoms with Gasteiger partial charge in [0.25, 0.3) is 0 Å². The fourth-order valence-electron chi connectivity index (χ4n) is 2.45. The van der Waals surface area contributed by atoms with Gasteiger partial charge in [-0.2, -0.15) is 0 Å². The zero-order chi connectivity index (χ0) is 13.2. The van der Waals surface area contributed by atoms with Crippen LogP contribution in [-0.2, 0) is 0 Å². The number of nitrogens with zero attached hydrogens (tertiary/aromatic N) is 1. The molecule has 18 heavy (non-hydrogen) atoms. The molecule has 1 saturated carbocycles. The topological polar surface area (TPSA) is 45.1 Å². The first-order chi connectivity index (χ1) is 8.40. The first-order valence-electron chi connectivity index (χ1n) is 6.74. The van der Waals surface area contributed by atoms with Crippen molar-refractivity contribution in [3.05, 3.63) is 16.6 Å². The van der Waals surface area contributed by atoms with Crippen LogP contribution in [0.3, 0.4) is 0 Å². The highest BCUT2D eigenvalue weighted by atomic mass is 32.1. The van der Waals surface area contributed by atoms with Gasteiger partial charge < -0.3 is 10.4 Å². The lowest BCUT2D eigenvalue weighted by molar-refractivity contribution is -0.0258. The zero-order valence-electron chi connectivity index (χ0n) is 11.6. The second-order valence-corrected chi connectivity index (χ2v) is 7.12. The summed E-state index contributed by atoms with van der Waals surface area (Å²) in [5, 5.41) is 16.0. The van der Waals surface area contributed by atoms with E-state index >= 15 is 0 Å². The quantitative estimate of drug-likeness (QED) is 0.882. The van der Waals surface area contributed by atoms with E-state index in [1.54, 1.807) is 11.3 Å². The summed E-state index contributed by atoms with van der Waals surface area (Å²) in [4.78, 5) is 4.30. The molecule has 0 amide bonds. The summed E-state index contributed by atoms with van der Waals surface area (Å²) in [5.41, 5.74) is 2.79. The van der Waals surface area contributed by atoms with Crippen molar-refractivity contribution in [2.45, 2.75) is 58.1 Å². The Labute approximate surface area is 114 Å². The summed E-state index contributed by atoms with van der Waals surface area (Å²) in [6.45, 7) is 7.35. The molecular formula is C14H24N2OS. The van der Waals surface area contributed by atoms with Crippen LogP contribution in [0.1, 0.15) is 58.2 Å². The fraction of sp³-hybridized carbons (Fsp3) is 0.786. The van der Waals surface area contributed by atoms with Crippen LogP contribution in [0.4, 0.5) is 0 Å². The highest BCUT2D eigenvalue weighted by molar-refractivity contribution is 7.07. The van der Waals surface area contributed by atoms with Crippen molar-refractivity contribution >= 4 is 11.3 Å². The molecule has 102 valence electrons. The van der Waals surface area contributed by atoms with E-state index in [0.717, 1.165) is 31.4 Å². The summed E-state index contributed by atoms with van der Waals surface area (Å²) >= 11 is 1.61. The van der Waals surface area contributed by atoms with Gasteiger partial charge in [-0.05, 0) is 38.0 Å². The number of hydrogen-bond acceptors (Lipinski definition) is 4. The second kappa shape index (κ2) is 5.27. The van der Waals surface area contributed by atoms with Crippen LogP contribution in [0.5, 0.6) is 0 Å². The van der Waals surface area contributed by atoms with Crippen molar-refractivity contribution in [1.82, 2.24) is 10.3 Å². The van der Waals surface area contributed by atoms with Crippen LogP contribution in [-0.4, -0.2) is 22.2 Å². The molecule has 0 aromatic carbocycles. The third kappa shape index (κ3) is 3.53. The molecule has 0 bridgehead atoms. The normalized spacial score (nSPS) is 23.8. The lowest BCUT2D eigenvalue weighted by Crippen LogP contribution is -2.45. The van der Waals surface area contributed by atoms with Gasteiger partial charge in [-0.25, -0.2) is 4.98 Å². The van der Waals surface area contributed by atoms with E-state index < -0.39 is 5.60 Å². The van der Waals surface area contributed by atoms with E-state index in [1.165, 1.54) is 0 Å². The van der Waals surface area contributed by atoms with Crippen molar-refractivity contribution in [2.75, 3.05) is 6.54 Å². The average Bonchev–Trinajstić information content (AvgIpc) is 2.85. The van der Waals surface area contributed by atoms with Gasteiger partial charge in [0.15, 0.2) is 0 Å². The number of rotatable bonds is 4. The Morgan fingerprint density at radius 3 is 2.61 bits per heavy atom. The standard InChI is InChI=1S/C14H24N2OS/c1-11(12-8-18-10-16-12)15-9-14(17)6-4-13(2,3)5-7-14/h8,10-11,15,17H,4-7,9H2,1-3H3. The largest absolute Gasteiger partial charge is 0.389 e. The van der Waals surface area contributed by atoms with E-state index in [0.29, 0.717) is 12.0 Å². The van der Waals surface area contributed by atoms with E-state index in [1.807, 2.05) is 5.51 Å². The number of hydrogen-bond donors (Lipinski definition) is 2. The lowest BCUT2D eigenvalue weighted by Gasteiger charge is -2.40. The molecule has 1 aromatic heterocycles. The van der Waals surface area contributed by atoms with Crippen molar-refractivity contribution < 1.29 is 5.11 Å². The molecule has 1 heterocycles. The second-order valence-electron chi connectivity index (χ2n) is 6.40. The van der Waals surface area contributed by atoms with E-state index in [9.17, 15) is 5.11 Å². The average molecular weight is 268 g/mol. The molecule has 0 saturated heterocycles. The number of aliphatic hydroxyl groups is 1. The first-order valence-corrected chi connectivity index (χ1v) is 7.68. The summed E-state index contributed by atoms with van der Waals surface area (Å²) in [7, 11) is 0. The van der Waals surface area contributed by atoms with Gasteiger partial charge in [0.05, 0.1) is 16.8 Å². The Kier molecular flexibility index (Phi) is 4.09. The predicted molar refractivity (Wildman–Crippen MR) is 75.7 cm³/mol. The molecule has 3 nitrogen and oxygen atoms in total. The van der Waals surface area contributed by atoms with E-state index in [2.05, 4.69) is 36.5 Å². The molecule has 1 unspecified atom stereocenters. The number of aromatic nitrogens is 1. The molecule has 1 fully saturated rings. The maximum Gasteiger partial charge on any atom is 0.0795 e. The van der Waals surface area contributed by atoms with Crippen LogP contribution >= 0.6 is 11.3 Å². The highest BCUT2D eigenvalue weighted by Gasteiger charge is 2.36. The molecule has 1 atom stereocenters. The number of nitrogens with one attached hydrogen (secondary N) is 1. The fourth-order valence-corrected chi connectivity index (χ4v) is 3.10. The maximum absolute atomic E-state index is 10.6. The minimum absolute atomic E-state index is 0.218. The molecule has 0 aliphatic heterocycles. The van der Waals surface area contributed by atoms with E-state index in [4.69, 9.17) is 0 Å². The van der Waals surface area contributed by atoms with Gasteiger partial charge in [-0.15, -0.1) is 11.3 Å². The van der Waals surface area contributed by atoms with Crippen LogP contribution in [0.25, 0.3) is 0 Å². The molecule has 4 heteroatoms. The Morgan fingerprint density at radius 1 is 1.39 bits per heavy atom. The van der Waals surface area contributed by atoms with Crippen molar-refractivity contribution in [2.24, 2.45) is 5.41 Å². The smallest absolute Gasteiger partial charge is 0.0795 e. The molecule has 0 radical (unpaired) electrons. The Morgan fingerprint density at radius 2 is 2.06 bits per heavy atom. The SMILES string of the molecule is CC(NCC1(O)CCC(C)(C)CC1)c1cscn1. The maximum atomic E-state index is 10.6. The highest BCUT2D eigenvalue weighted by Crippen LogP contribution is 2.40. The Balaban J connectivity index is 1.83. The van der Waals surface area contributed by atoms with Gasteiger partial charge in [0.1, 0.15) is 0 Å². The van der Waals surface area contributed by atoms with Crippen molar-refractivity contribution in [1.29, 1.82) is 0 Å². The predicted octanol–water partition coefficient (Wildman–Crippen LogP) is 3.13. The van der Waals surface area contributed by atoms with Gasteiger partial charge in [0.2, 0.25) is 0 Å². The van der Waals surface area contributed by atoms with Crippen LogP contribution in [0, 0.1) is 5.41 Å². The van der Waals surface area contributed by atoms with Gasteiger partial charge in [0, 0.05) is 18.0 Å². The van der Waals surface area contributed by atoms with Crippen LogP contribution in [0.15, 0.2) is 10.9 Å². The lowest BCUT2D eigenvalue weighted by atomic mass is 9.71. The van der Waals surface area contributed by atoms with Crippen molar-refractivity contribution in [3.8, 4) is 0 Å². The minimum Gasteiger partial charge on any atom is -0.389 e. The Bertz CT molecular complexity index is 365. The molecule has 2 N–H and O–H groups in total. The van der Waals surface area contributed by atoms with Gasteiger partial charge in [-0.3, -0.25) is 0 Å². The minimum atomic E-state index is -0.528. The first kappa shape index (κ1) is 14.0. The molecule has 1 aliphatic carbocycles. The Hall–Kier alpha value is -0.450. The molecular weight excluding hydrogens is 244 g/mol. The molecule has 1 aliphatic rings. The third-order valence-electron chi connectivity index (χ3n) is 4.17. The van der Waals surface area contributed by atoms with Crippen LogP contribution < -0.4 is 5.32 Å². The van der Waals surface area contributed by atoms with Crippen molar-refractivity contribution in [3.63, 3.8) is 0 Å². The molecule has 1 aromatic rings. The van der Waals surface area contributed by atoms with Gasteiger partial charge >= 0.3 is 0 Å². The van der Waals surface area contributed by atoms with Gasteiger partial charge in [-0.1, -0.05) is 13.8 Å². The summed E-state index contributed by atoms with van der Waals surface area (Å²) < 4.78 is 0. The summed E-state index contributed by atoms with van der Waals surface area (Å²) in [6.07, 6.45) is 4.01. The molecule has 2 rings (SSSR count). The monoisotopic (exact) mass is 268 g/mol. The summed E-state index contributed by atoms with van der Waals surface area (Å²) in [6, 6.07) is 0.218. The van der Waals surface area contributed by atoms with Crippen LogP contribution in [0.2, 0.25) is 0 Å². The van der Waals surface area contributed by atoms with E-state index in [-0.39, 0.29) is 6.04 Å². The molecule has 0 spiro atoms.